The molecule has 0 spiro atoms. The largest absolute Gasteiger partial charge is 0.465 e. The lowest BCUT2D eigenvalue weighted by Crippen LogP contribution is -2.34. The van der Waals surface area contributed by atoms with E-state index in [9.17, 15) is 14.4 Å². The quantitative estimate of drug-likeness (QED) is 0.634. The summed E-state index contributed by atoms with van der Waals surface area (Å²) in [5.41, 5.74) is 0.783. The number of anilines is 1. The molecule has 0 aliphatic carbocycles. The molecule has 0 aliphatic heterocycles. The minimum atomic E-state index is -0.644. The van der Waals surface area contributed by atoms with Crippen LogP contribution < -0.4 is 4.90 Å². The van der Waals surface area contributed by atoms with E-state index in [0.29, 0.717) is 23.1 Å². The van der Waals surface area contributed by atoms with Gasteiger partial charge in [-0.1, -0.05) is 0 Å². The highest BCUT2D eigenvalue weighted by atomic mass is 16.6. The second-order valence-electron chi connectivity index (χ2n) is 5.86. The van der Waals surface area contributed by atoms with Crippen molar-refractivity contribution < 1.29 is 23.9 Å². The number of carbonyl (C=O) groups is 3. The normalized spacial score (nSPS) is 10.8. The number of amides is 1. The van der Waals surface area contributed by atoms with E-state index in [1.54, 1.807) is 27.7 Å². The molecule has 22 heavy (non-hydrogen) atoms. The van der Waals surface area contributed by atoms with Gasteiger partial charge in [-0.25, -0.2) is 9.59 Å². The molecule has 6 heteroatoms. The molecule has 0 saturated carbocycles. The zero-order valence-electron chi connectivity index (χ0n) is 13.7. The summed E-state index contributed by atoms with van der Waals surface area (Å²) in [5.74, 6) is -0.569. The van der Waals surface area contributed by atoms with Gasteiger partial charge in [-0.05, 0) is 45.4 Å². The average Bonchev–Trinajstić information content (AvgIpc) is 2.44. The van der Waals surface area contributed by atoms with Gasteiger partial charge in [0.15, 0.2) is 0 Å². The van der Waals surface area contributed by atoms with Crippen molar-refractivity contribution in [3.8, 4) is 0 Å². The van der Waals surface area contributed by atoms with Gasteiger partial charge in [-0.2, -0.15) is 0 Å². The first kappa shape index (κ1) is 17.7. The van der Waals surface area contributed by atoms with Crippen molar-refractivity contribution in [1.29, 1.82) is 0 Å². The van der Waals surface area contributed by atoms with Crippen molar-refractivity contribution in [3.05, 3.63) is 28.8 Å². The molecule has 0 unspecified atom stereocenters. The van der Waals surface area contributed by atoms with Gasteiger partial charge in [0.1, 0.15) is 11.9 Å². The lowest BCUT2D eigenvalue weighted by atomic mass is 10.0. The van der Waals surface area contributed by atoms with Crippen LogP contribution in [-0.4, -0.2) is 38.1 Å². The minimum Gasteiger partial charge on any atom is -0.465 e. The lowest BCUT2D eigenvalue weighted by molar-refractivity contribution is 0.0579. The molecular formula is C16H21NO5. The maximum atomic E-state index is 12.1. The van der Waals surface area contributed by atoms with Crippen LogP contribution in [0.2, 0.25) is 0 Å². The molecule has 6 nitrogen and oxygen atoms in total. The zero-order chi connectivity index (χ0) is 17.1. The SMILES string of the molecule is COC(=O)c1cc(N(C)C(=O)OC(C)(C)C)cc(C=O)c1C. The van der Waals surface area contributed by atoms with Crippen molar-refractivity contribution in [2.24, 2.45) is 0 Å². The van der Waals surface area contributed by atoms with Gasteiger partial charge in [0, 0.05) is 18.3 Å². The van der Waals surface area contributed by atoms with Crippen molar-refractivity contribution in [2.75, 3.05) is 19.1 Å². The third kappa shape index (κ3) is 4.07. The van der Waals surface area contributed by atoms with Crippen LogP contribution in [0.4, 0.5) is 10.5 Å². The molecule has 1 rings (SSSR count). The number of carbonyl (C=O) groups excluding carboxylic acids is 3. The highest BCUT2D eigenvalue weighted by molar-refractivity contribution is 5.98. The molecule has 0 N–H and O–H groups in total. The fourth-order valence-electron chi connectivity index (χ4n) is 1.79. The smallest absolute Gasteiger partial charge is 0.414 e. The number of aldehydes is 1. The van der Waals surface area contributed by atoms with E-state index in [2.05, 4.69) is 0 Å². The van der Waals surface area contributed by atoms with Gasteiger partial charge in [0.2, 0.25) is 0 Å². The van der Waals surface area contributed by atoms with E-state index in [1.807, 2.05) is 0 Å². The van der Waals surface area contributed by atoms with E-state index >= 15 is 0 Å². The summed E-state index contributed by atoms with van der Waals surface area (Å²) in [4.78, 5) is 36.3. The second kappa shape index (κ2) is 6.60. The van der Waals surface area contributed by atoms with Crippen LogP contribution in [0.5, 0.6) is 0 Å². The van der Waals surface area contributed by atoms with Gasteiger partial charge >= 0.3 is 12.1 Å². The number of hydrogen-bond donors (Lipinski definition) is 0. The van der Waals surface area contributed by atoms with Crippen LogP contribution in [0, 0.1) is 6.92 Å². The van der Waals surface area contributed by atoms with Crippen molar-refractivity contribution in [1.82, 2.24) is 0 Å². The molecule has 0 fully saturated rings. The molecule has 0 aromatic heterocycles. The number of nitrogens with zero attached hydrogens (tertiary/aromatic N) is 1. The maximum Gasteiger partial charge on any atom is 0.414 e. The monoisotopic (exact) mass is 307 g/mol. The Bertz CT molecular complexity index is 601. The molecule has 0 heterocycles. The van der Waals surface area contributed by atoms with E-state index in [-0.39, 0.29) is 5.56 Å². The molecule has 0 radical (unpaired) electrons. The first-order valence-electron chi connectivity index (χ1n) is 6.75. The summed E-state index contributed by atoms with van der Waals surface area (Å²) < 4.78 is 9.97. The predicted molar refractivity (Wildman–Crippen MR) is 82.5 cm³/mol. The first-order chi connectivity index (χ1) is 10.1. The highest BCUT2D eigenvalue weighted by Gasteiger charge is 2.23. The fourth-order valence-corrected chi connectivity index (χ4v) is 1.79. The standard InChI is InChI=1S/C16H21NO5/c1-10-11(9-18)7-12(8-13(10)14(19)21-6)17(5)15(20)22-16(2,3)4/h7-9H,1-6H3. The topological polar surface area (TPSA) is 72.9 Å². The summed E-state index contributed by atoms with van der Waals surface area (Å²) in [6.45, 7) is 6.91. The summed E-state index contributed by atoms with van der Waals surface area (Å²) in [5, 5.41) is 0. The number of rotatable bonds is 3. The van der Waals surface area contributed by atoms with E-state index < -0.39 is 17.7 Å². The van der Waals surface area contributed by atoms with Crippen LogP contribution in [0.3, 0.4) is 0 Å². The van der Waals surface area contributed by atoms with Gasteiger partial charge in [-0.15, -0.1) is 0 Å². The summed E-state index contributed by atoms with van der Waals surface area (Å²) >= 11 is 0. The Hall–Kier alpha value is -2.37. The molecule has 1 aromatic carbocycles. The predicted octanol–water partition coefficient (Wildman–Crippen LogP) is 2.97. The molecule has 0 bridgehead atoms. The molecule has 0 atom stereocenters. The van der Waals surface area contributed by atoms with E-state index in [4.69, 9.17) is 9.47 Å². The third-order valence-corrected chi connectivity index (χ3v) is 3.02. The van der Waals surface area contributed by atoms with Gasteiger partial charge in [0.05, 0.1) is 12.7 Å². The van der Waals surface area contributed by atoms with Crippen LogP contribution in [-0.2, 0) is 9.47 Å². The first-order valence-corrected chi connectivity index (χ1v) is 6.75. The molecule has 0 aliphatic rings. The minimum absolute atomic E-state index is 0.234. The fraction of sp³-hybridized carbons (Fsp3) is 0.438. The zero-order valence-corrected chi connectivity index (χ0v) is 13.7. The third-order valence-electron chi connectivity index (χ3n) is 3.02. The van der Waals surface area contributed by atoms with E-state index in [1.165, 1.54) is 31.2 Å². The number of hydrogen-bond acceptors (Lipinski definition) is 5. The lowest BCUT2D eigenvalue weighted by Gasteiger charge is -2.25. The molecule has 120 valence electrons. The Labute approximate surface area is 130 Å². The van der Waals surface area contributed by atoms with Gasteiger partial charge < -0.3 is 9.47 Å². The summed E-state index contributed by atoms with van der Waals surface area (Å²) in [7, 11) is 2.76. The Morgan fingerprint density at radius 2 is 1.82 bits per heavy atom. The van der Waals surface area contributed by atoms with Crippen LogP contribution in [0.25, 0.3) is 0 Å². The van der Waals surface area contributed by atoms with Crippen molar-refractivity contribution >= 4 is 24.0 Å². The number of ether oxygens (including phenoxy) is 2. The maximum absolute atomic E-state index is 12.1. The summed E-state index contributed by atoms with van der Waals surface area (Å²) in [6, 6.07) is 3.02. The van der Waals surface area contributed by atoms with Gasteiger partial charge in [0.25, 0.3) is 0 Å². The molecular weight excluding hydrogens is 286 g/mol. The number of benzene rings is 1. The Morgan fingerprint density at radius 3 is 2.27 bits per heavy atom. The highest BCUT2D eigenvalue weighted by Crippen LogP contribution is 2.24. The van der Waals surface area contributed by atoms with E-state index in [0.717, 1.165) is 0 Å². The molecule has 1 aromatic rings. The van der Waals surface area contributed by atoms with Crippen LogP contribution >= 0.6 is 0 Å². The van der Waals surface area contributed by atoms with Crippen LogP contribution in [0.1, 0.15) is 47.1 Å². The summed E-state index contributed by atoms with van der Waals surface area (Å²) in [6.07, 6.45) is 0.0535. The van der Waals surface area contributed by atoms with Crippen LogP contribution in [0.15, 0.2) is 12.1 Å². The van der Waals surface area contributed by atoms with Crippen molar-refractivity contribution in [2.45, 2.75) is 33.3 Å². The Kier molecular flexibility index (Phi) is 5.30. The Balaban J connectivity index is 3.27. The molecule has 0 saturated heterocycles. The Morgan fingerprint density at radius 1 is 1.23 bits per heavy atom. The average molecular weight is 307 g/mol. The number of methoxy groups -OCH3 is 1. The van der Waals surface area contributed by atoms with Crippen molar-refractivity contribution in [3.63, 3.8) is 0 Å². The van der Waals surface area contributed by atoms with Gasteiger partial charge in [-0.3, -0.25) is 9.69 Å². The molecule has 1 amide bonds. The second-order valence-corrected chi connectivity index (χ2v) is 5.86. The number of esters is 1.